The van der Waals surface area contributed by atoms with Crippen molar-refractivity contribution >= 4 is 29.0 Å². The second-order valence-corrected chi connectivity index (χ2v) is 5.03. The molecule has 2 amide bonds. The van der Waals surface area contributed by atoms with Gasteiger partial charge in [-0.25, -0.2) is 4.79 Å². The summed E-state index contributed by atoms with van der Waals surface area (Å²) in [7, 11) is 0. The maximum absolute atomic E-state index is 11.7. The first-order valence-electron chi connectivity index (χ1n) is 6.33. The van der Waals surface area contributed by atoms with Crippen LogP contribution in [0.1, 0.15) is 12.8 Å². The standard InChI is InChI=1S/C13H18ClN3O2/c14-11-7-10(1-2-12(11)15)17-13(18)16-8-9-3-5-19-6-4-9/h1-2,7,9H,3-6,8,15H2,(H2,16,17,18). The number of nitrogens with one attached hydrogen (secondary N) is 2. The Labute approximate surface area is 117 Å². The Morgan fingerprint density at radius 1 is 1.42 bits per heavy atom. The van der Waals surface area contributed by atoms with E-state index in [0.717, 1.165) is 26.1 Å². The smallest absolute Gasteiger partial charge is 0.319 e. The minimum Gasteiger partial charge on any atom is -0.398 e. The van der Waals surface area contributed by atoms with E-state index in [-0.39, 0.29) is 6.03 Å². The molecule has 5 nitrogen and oxygen atoms in total. The summed E-state index contributed by atoms with van der Waals surface area (Å²) in [6, 6.07) is 4.78. The van der Waals surface area contributed by atoms with E-state index in [9.17, 15) is 4.79 Å². The van der Waals surface area contributed by atoms with Crippen LogP contribution >= 0.6 is 11.6 Å². The molecule has 1 aliphatic heterocycles. The van der Waals surface area contributed by atoms with E-state index in [4.69, 9.17) is 22.1 Å². The summed E-state index contributed by atoms with van der Waals surface area (Å²) < 4.78 is 5.27. The van der Waals surface area contributed by atoms with Gasteiger partial charge in [0.2, 0.25) is 0 Å². The third-order valence-electron chi connectivity index (χ3n) is 3.15. The highest BCUT2D eigenvalue weighted by atomic mass is 35.5. The van der Waals surface area contributed by atoms with Crippen LogP contribution in [0.25, 0.3) is 0 Å². The van der Waals surface area contributed by atoms with Gasteiger partial charge in [-0.15, -0.1) is 0 Å². The van der Waals surface area contributed by atoms with E-state index < -0.39 is 0 Å². The molecule has 0 atom stereocenters. The Balaban J connectivity index is 1.78. The van der Waals surface area contributed by atoms with Crippen LogP contribution in [0.5, 0.6) is 0 Å². The zero-order valence-electron chi connectivity index (χ0n) is 10.6. The molecule has 0 radical (unpaired) electrons. The molecule has 104 valence electrons. The molecular weight excluding hydrogens is 266 g/mol. The third kappa shape index (κ3) is 4.29. The van der Waals surface area contributed by atoms with E-state index in [1.165, 1.54) is 0 Å². The molecule has 0 saturated carbocycles. The molecule has 1 aliphatic rings. The fourth-order valence-corrected chi connectivity index (χ4v) is 2.15. The normalized spacial score (nSPS) is 16.1. The molecular formula is C13H18ClN3O2. The third-order valence-corrected chi connectivity index (χ3v) is 3.48. The van der Waals surface area contributed by atoms with Crippen molar-refractivity contribution in [3.63, 3.8) is 0 Å². The molecule has 0 unspecified atom stereocenters. The van der Waals surface area contributed by atoms with Crippen molar-refractivity contribution in [1.82, 2.24) is 5.32 Å². The van der Waals surface area contributed by atoms with Gasteiger partial charge in [0.15, 0.2) is 0 Å². The van der Waals surface area contributed by atoms with Crippen molar-refractivity contribution in [3.05, 3.63) is 23.2 Å². The van der Waals surface area contributed by atoms with Crippen LogP contribution in [0.3, 0.4) is 0 Å². The highest BCUT2D eigenvalue weighted by molar-refractivity contribution is 6.33. The number of amides is 2. The minimum absolute atomic E-state index is 0.229. The molecule has 0 aromatic heterocycles. The molecule has 1 fully saturated rings. The van der Waals surface area contributed by atoms with Gasteiger partial charge >= 0.3 is 6.03 Å². The lowest BCUT2D eigenvalue weighted by Crippen LogP contribution is -2.35. The van der Waals surface area contributed by atoms with E-state index >= 15 is 0 Å². The number of carbonyl (C=O) groups excluding carboxylic acids is 1. The van der Waals surface area contributed by atoms with Crippen molar-refractivity contribution in [2.75, 3.05) is 30.8 Å². The van der Waals surface area contributed by atoms with Crippen LogP contribution in [0.4, 0.5) is 16.2 Å². The summed E-state index contributed by atoms with van der Waals surface area (Å²) >= 11 is 5.89. The molecule has 4 N–H and O–H groups in total. The second kappa shape index (κ2) is 6.63. The van der Waals surface area contributed by atoms with Crippen LogP contribution < -0.4 is 16.4 Å². The molecule has 2 rings (SSSR count). The molecule has 0 spiro atoms. The van der Waals surface area contributed by atoms with Gasteiger partial charge < -0.3 is 21.1 Å². The summed E-state index contributed by atoms with van der Waals surface area (Å²) in [6.45, 7) is 2.22. The topological polar surface area (TPSA) is 76.4 Å². The molecule has 6 heteroatoms. The Morgan fingerprint density at radius 2 is 2.16 bits per heavy atom. The molecule has 1 aromatic carbocycles. The number of nitrogen functional groups attached to an aromatic ring is 1. The number of anilines is 2. The first-order chi connectivity index (χ1) is 9.15. The average molecular weight is 284 g/mol. The number of urea groups is 1. The number of halogens is 1. The SMILES string of the molecule is Nc1ccc(NC(=O)NCC2CCOCC2)cc1Cl. The van der Waals surface area contributed by atoms with E-state index in [1.54, 1.807) is 18.2 Å². The van der Waals surface area contributed by atoms with Crippen LogP contribution in [0, 0.1) is 5.92 Å². The summed E-state index contributed by atoms with van der Waals surface area (Å²) in [4.78, 5) is 11.7. The Kier molecular flexibility index (Phi) is 4.87. The van der Waals surface area contributed by atoms with E-state index in [1.807, 2.05) is 0 Å². The average Bonchev–Trinajstić information content (AvgIpc) is 2.42. The summed E-state index contributed by atoms with van der Waals surface area (Å²) in [6.07, 6.45) is 1.99. The van der Waals surface area contributed by atoms with Gasteiger partial charge in [-0.05, 0) is 37.0 Å². The van der Waals surface area contributed by atoms with Crippen molar-refractivity contribution in [3.8, 4) is 0 Å². The van der Waals surface area contributed by atoms with Crippen molar-refractivity contribution < 1.29 is 9.53 Å². The van der Waals surface area contributed by atoms with Crippen LogP contribution in [0.2, 0.25) is 5.02 Å². The van der Waals surface area contributed by atoms with Crippen molar-refractivity contribution in [2.24, 2.45) is 5.92 Å². The van der Waals surface area contributed by atoms with Gasteiger partial charge in [-0.1, -0.05) is 11.6 Å². The maximum atomic E-state index is 11.7. The Hall–Kier alpha value is -1.46. The molecule has 0 aliphatic carbocycles. The predicted octanol–water partition coefficient (Wildman–Crippen LogP) is 2.47. The first kappa shape index (κ1) is 14.0. The molecule has 1 aromatic rings. The van der Waals surface area contributed by atoms with Crippen molar-refractivity contribution in [2.45, 2.75) is 12.8 Å². The van der Waals surface area contributed by atoms with Crippen LogP contribution in [0.15, 0.2) is 18.2 Å². The highest BCUT2D eigenvalue weighted by Gasteiger charge is 2.14. The van der Waals surface area contributed by atoms with Gasteiger partial charge in [-0.3, -0.25) is 0 Å². The largest absolute Gasteiger partial charge is 0.398 e. The number of nitrogens with two attached hydrogens (primary N) is 1. The number of benzene rings is 1. The Morgan fingerprint density at radius 3 is 2.84 bits per heavy atom. The summed E-state index contributed by atoms with van der Waals surface area (Å²) in [5, 5.41) is 6.02. The molecule has 1 heterocycles. The quantitative estimate of drug-likeness (QED) is 0.746. The van der Waals surface area contributed by atoms with E-state index in [0.29, 0.717) is 28.9 Å². The fourth-order valence-electron chi connectivity index (χ4n) is 1.97. The molecule has 1 saturated heterocycles. The number of carbonyl (C=O) groups is 1. The van der Waals surface area contributed by atoms with Gasteiger partial charge in [-0.2, -0.15) is 0 Å². The lowest BCUT2D eigenvalue weighted by Gasteiger charge is -2.22. The van der Waals surface area contributed by atoms with Crippen LogP contribution in [-0.4, -0.2) is 25.8 Å². The monoisotopic (exact) mass is 283 g/mol. The van der Waals surface area contributed by atoms with E-state index in [2.05, 4.69) is 10.6 Å². The number of hydrogen-bond donors (Lipinski definition) is 3. The molecule has 0 bridgehead atoms. The van der Waals surface area contributed by atoms with Crippen molar-refractivity contribution in [1.29, 1.82) is 0 Å². The number of rotatable bonds is 3. The number of ether oxygens (including phenoxy) is 1. The highest BCUT2D eigenvalue weighted by Crippen LogP contribution is 2.22. The zero-order valence-corrected chi connectivity index (χ0v) is 11.4. The predicted molar refractivity (Wildman–Crippen MR) is 76.4 cm³/mol. The van der Waals surface area contributed by atoms with Gasteiger partial charge in [0.1, 0.15) is 0 Å². The number of hydrogen-bond acceptors (Lipinski definition) is 3. The second-order valence-electron chi connectivity index (χ2n) is 4.63. The molecule has 19 heavy (non-hydrogen) atoms. The van der Waals surface area contributed by atoms with Gasteiger partial charge in [0, 0.05) is 25.4 Å². The Bertz CT molecular complexity index is 448. The van der Waals surface area contributed by atoms with Gasteiger partial charge in [0.25, 0.3) is 0 Å². The van der Waals surface area contributed by atoms with Gasteiger partial charge in [0.05, 0.1) is 10.7 Å². The summed E-state index contributed by atoms with van der Waals surface area (Å²) in [5.41, 5.74) is 6.73. The maximum Gasteiger partial charge on any atom is 0.319 e. The zero-order chi connectivity index (χ0) is 13.7. The minimum atomic E-state index is -0.229. The van der Waals surface area contributed by atoms with Crippen LogP contribution in [-0.2, 0) is 4.74 Å². The lowest BCUT2D eigenvalue weighted by molar-refractivity contribution is 0.0671. The first-order valence-corrected chi connectivity index (χ1v) is 6.70. The lowest BCUT2D eigenvalue weighted by atomic mass is 10.0. The fraction of sp³-hybridized carbons (Fsp3) is 0.462. The summed E-state index contributed by atoms with van der Waals surface area (Å²) in [5.74, 6) is 0.495.